The van der Waals surface area contributed by atoms with Crippen LogP contribution in [0.4, 0.5) is 18.9 Å². The molecule has 8 heteroatoms. The number of halogens is 3. The lowest BCUT2D eigenvalue weighted by Crippen LogP contribution is -2.37. The molecule has 0 aromatic heterocycles. The van der Waals surface area contributed by atoms with E-state index >= 15 is 0 Å². The average molecular weight is 394 g/mol. The number of carbonyl (C=O) groups excluding carboxylic acids is 2. The van der Waals surface area contributed by atoms with Crippen LogP contribution in [0.15, 0.2) is 30.3 Å². The van der Waals surface area contributed by atoms with E-state index < -0.39 is 23.4 Å². The highest BCUT2D eigenvalue weighted by Gasteiger charge is 2.20. The highest BCUT2D eigenvalue weighted by atomic mass is 32.2. The van der Waals surface area contributed by atoms with Crippen molar-refractivity contribution in [1.82, 2.24) is 4.90 Å². The summed E-state index contributed by atoms with van der Waals surface area (Å²) < 4.78 is 39.6. The lowest BCUT2D eigenvalue weighted by molar-refractivity contribution is 0.0772. The minimum absolute atomic E-state index is 0.0704. The summed E-state index contributed by atoms with van der Waals surface area (Å²) in [5.74, 6) is -3.52. The number of benzene rings is 2. The van der Waals surface area contributed by atoms with E-state index in [1.165, 1.54) is 0 Å². The van der Waals surface area contributed by atoms with Crippen molar-refractivity contribution in [1.29, 1.82) is 0 Å². The maximum atomic E-state index is 13.3. The van der Waals surface area contributed by atoms with Gasteiger partial charge in [0.2, 0.25) is 0 Å². The zero-order valence-electron chi connectivity index (χ0n) is 14.5. The molecule has 0 atom stereocenters. The van der Waals surface area contributed by atoms with Crippen molar-refractivity contribution < 1.29 is 22.8 Å². The second-order valence-electron chi connectivity index (χ2n) is 6.14. The first kappa shape index (κ1) is 19.3. The first-order valence-corrected chi connectivity index (χ1v) is 9.46. The van der Waals surface area contributed by atoms with Crippen LogP contribution in [0.2, 0.25) is 0 Å². The molecule has 1 aliphatic heterocycles. The Kier molecular flexibility index (Phi) is 5.74. The second kappa shape index (κ2) is 8.04. The fourth-order valence-electron chi connectivity index (χ4n) is 2.77. The predicted octanol–water partition coefficient (Wildman–Crippen LogP) is 3.85. The van der Waals surface area contributed by atoms with Crippen LogP contribution in [0.5, 0.6) is 0 Å². The Hall–Kier alpha value is -2.48. The van der Waals surface area contributed by atoms with E-state index in [0.29, 0.717) is 42.0 Å². The average Bonchev–Trinajstić information content (AvgIpc) is 2.67. The van der Waals surface area contributed by atoms with E-state index in [0.717, 1.165) is 11.5 Å². The number of aryl methyl sites for hydroxylation is 1. The van der Waals surface area contributed by atoms with Gasteiger partial charge in [0.15, 0.2) is 17.5 Å². The molecule has 1 fully saturated rings. The molecule has 1 aliphatic rings. The summed E-state index contributed by atoms with van der Waals surface area (Å²) in [6.07, 6.45) is 0. The zero-order valence-corrected chi connectivity index (χ0v) is 15.3. The lowest BCUT2D eigenvalue weighted by Gasteiger charge is -2.26. The molecule has 2 aromatic carbocycles. The minimum Gasteiger partial charge on any atom is -0.337 e. The molecule has 0 unspecified atom stereocenters. The van der Waals surface area contributed by atoms with Gasteiger partial charge in [-0.05, 0) is 42.8 Å². The second-order valence-corrected chi connectivity index (χ2v) is 7.37. The maximum Gasteiger partial charge on any atom is 0.255 e. The molecular formula is C19H17F3N2O2S. The molecule has 4 nitrogen and oxygen atoms in total. The number of anilines is 1. The molecule has 0 radical (unpaired) electrons. The largest absolute Gasteiger partial charge is 0.337 e. The van der Waals surface area contributed by atoms with E-state index in [1.54, 1.807) is 41.8 Å². The first-order chi connectivity index (χ1) is 12.9. The van der Waals surface area contributed by atoms with Gasteiger partial charge in [0.25, 0.3) is 11.8 Å². The number of nitrogens with one attached hydrogen (secondary N) is 1. The van der Waals surface area contributed by atoms with Gasteiger partial charge in [-0.25, -0.2) is 13.2 Å². The Labute approximate surface area is 158 Å². The number of hydrogen-bond donors (Lipinski definition) is 1. The van der Waals surface area contributed by atoms with Crippen LogP contribution in [0.3, 0.4) is 0 Å². The topological polar surface area (TPSA) is 49.4 Å². The summed E-state index contributed by atoms with van der Waals surface area (Å²) in [6, 6.07) is 6.09. The first-order valence-electron chi connectivity index (χ1n) is 8.30. The zero-order chi connectivity index (χ0) is 19.6. The highest BCUT2D eigenvalue weighted by Crippen LogP contribution is 2.21. The van der Waals surface area contributed by atoms with Gasteiger partial charge in [-0.1, -0.05) is 0 Å². The van der Waals surface area contributed by atoms with Crippen molar-refractivity contribution in [3.63, 3.8) is 0 Å². The van der Waals surface area contributed by atoms with Crippen LogP contribution < -0.4 is 5.32 Å². The maximum absolute atomic E-state index is 13.3. The van der Waals surface area contributed by atoms with Gasteiger partial charge in [-0.2, -0.15) is 11.8 Å². The smallest absolute Gasteiger partial charge is 0.255 e. The summed E-state index contributed by atoms with van der Waals surface area (Å²) in [6.45, 7) is 3.11. The van der Waals surface area contributed by atoms with E-state index in [2.05, 4.69) is 5.32 Å². The van der Waals surface area contributed by atoms with Crippen LogP contribution >= 0.6 is 11.8 Å². The van der Waals surface area contributed by atoms with Gasteiger partial charge in [0, 0.05) is 41.4 Å². The molecule has 1 N–H and O–H groups in total. The molecule has 142 valence electrons. The number of amides is 2. The van der Waals surface area contributed by atoms with Gasteiger partial charge in [-0.15, -0.1) is 0 Å². The highest BCUT2D eigenvalue weighted by molar-refractivity contribution is 7.99. The molecule has 1 saturated heterocycles. The van der Waals surface area contributed by atoms with Gasteiger partial charge in [0.05, 0.1) is 0 Å². The SMILES string of the molecule is Cc1cc(C(=O)N2CCSCC2)ccc1NC(=O)c1cc(F)c(F)c(F)c1. The summed E-state index contributed by atoms with van der Waals surface area (Å²) in [5.41, 5.74) is 1.20. The predicted molar refractivity (Wildman–Crippen MR) is 98.7 cm³/mol. The van der Waals surface area contributed by atoms with Crippen LogP contribution in [-0.4, -0.2) is 41.3 Å². The summed E-state index contributed by atoms with van der Waals surface area (Å²) in [4.78, 5) is 26.5. The fraction of sp³-hybridized carbons (Fsp3) is 0.263. The van der Waals surface area contributed by atoms with Gasteiger partial charge in [0.1, 0.15) is 0 Å². The van der Waals surface area contributed by atoms with Crippen molar-refractivity contribution in [3.8, 4) is 0 Å². The van der Waals surface area contributed by atoms with Gasteiger partial charge >= 0.3 is 0 Å². The Morgan fingerprint density at radius 3 is 2.22 bits per heavy atom. The molecule has 0 saturated carbocycles. The van der Waals surface area contributed by atoms with Gasteiger partial charge < -0.3 is 10.2 Å². The molecule has 1 heterocycles. The molecule has 27 heavy (non-hydrogen) atoms. The summed E-state index contributed by atoms with van der Waals surface area (Å²) in [7, 11) is 0. The van der Waals surface area contributed by atoms with Crippen LogP contribution in [-0.2, 0) is 0 Å². The monoisotopic (exact) mass is 394 g/mol. The minimum atomic E-state index is -1.62. The quantitative estimate of drug-likeness (QED) is 0.805. The Bertz CT molecular complexity index is 876. The van der Waals surface area contributed by atoms with Gasteiger partial charge in [-0.3, -0.25) is 9.59 Å². The fourth-order valence-corrected chi connectivity index (χ4v) is 3.67. The van der Waals surface area contributed by atoms with Crippen LogP contribution in [0.25, 0.3) is 0 Å². The third-order valence-corrected chi connectivity index (χ3v) is 5.21. The van der Waals surface area contributed by atoms with Crippen molar-refractivity contribution in [2.75, 3.05) is 29.9 Å². The van der Waals surface area contributed by atoms with E-state index in [9.17, 15) is 22.8 Å². The molecule has 2 amide bonds. The normalized spacial score (nSPS) is 14.1. The number of hydrogen-bond acceptors (Lipinski definition) is 3. The Balaban J connectivity index is 1.76. The van der Waals surface area contributed by atoms with Crippen molar-refractivity contribution >= 4 is 29.3 Å². The number of carbonyl (C=O) groups is 2. The Morgan fingerprint density at radius 1 is 1.00 bits per heavy atom. The van der Waals surface area contributed by atoms with E-state index in [-0.39, 0.29) is 11.5 Å². The van der Waals surface area contributed by atoms with Crippen molar-refractivity contribution in [2.45, 2.75) is 6.92 Å². The van der Waals surface area contributed by atoms with Crippen LogP contribution in [0.1, 0.15) is 26.3 Å². The van der Waals surface area contributed by atoms with Crippen molar-refractivity contribution in [3.05, 3.63) is 64.5 Å². The van der Waals surface area contributed by atoms with Crippen LogP contribution in [0, 0.1) is 24.4 Å². The van der Waals surface area contributed by atoms with E-state index in [1.807, 2.05) is 0 Å². The summed E-state index contributed by atoms with van der Waals surface area (Å²) in [5, 5.41) is 2.52. The third-order valence-electron chi connectivity index (χ3n) is 4.27. The Morgan fingerprint density at radius 2 is 1.63 bits per heavy atom. The lowest BCUT2D eigenvalue weighted by atomic mass is 10.1. The summed E-state index contributed by atoms with van der Waals surface area (Å²) >= 11 is 1.81. The molecule has 2 aromatic rings. The number of rotatable bonds is 3. The number of nitrogens with zero attached hydrogens (tertiary/aromatic N) is 1. The molecule has 0 bridgehead atoms. The number of thioether (sulfide) groups is 1. The van der Waals surface area contributed by atoms with E-state index in [4.69, 9.17) is 0 Å². The standard InChI is InChI=1S/C19H17F3N2O2S/c1-11-8-12(19(26)24-4-6-27-7-5-24)2-3-16(11)23-18(25)13-9-14(20)17(22)15(21)10-13/h2-3,8-10H,4-7H2,1H3,(H,23,25). The van der Waals surface area contributed by atoms with Crippen molar-refractivity contribution in [2.24, 2.45) is 0 Å². The molecule has 0 spiro atoms. The third kappa shape index (κ3) is 4.27. The molecule has 0 aliphatic carbocycles. The molecular weight excluding hydrogens is 377 g/mol. The molecule has 3 rings (SSSR count).